The standard InChI is InChI=1S/C16H19N7O/c1-9-5-20-23(6-9)14-11(4-12(14)24)21-15-13-16(18-7-17-15)22(8-19-13)10-2-3-10/h5-8,10-12,14,24H,2-4H2,1H3,(H,17,18,21)/t11-,12+,14+/m0/s1. The molecule has 124 valence electrons. The Balaban J connectivity index is 1.44. The smallest absolute Gasteiger partial charge is 0.165 e. The van der Waals surface area contributed by atoms with E-state index in [1.165, 1.54) is 12.8 Å². The van der Waals surface area contributed by atoms with Gasteiger partial charge in [0.25, 0.3) is 0 Å². The van der Waals surface area contributed by atoms with E-state index in [0.717, 1.165) is 22.5 Å². The van der Waals surface area contributed by atoms with E-state index in [2.05, 4.69) is 29.9 Å². The summed E-state index contributed by atoms with van der Waals surface area (Å²) in [5.74, 6) is 0.727. The molecule has 0 aromatic carbocycles. The van der Waals surface area contributed by atoms with Gasteiger partial charge in [-0.3, -0.25) is 4.68 Å². The summed E-state index contributed by atoms with van der Waals surface area (Å²) >= 11 is 0. The molecule has 2 N–H and O–H groups in total. The molecule has 3 atom stereocenters. The van der Waals surface area contributed by atoms with E-state index in [9.17, 15) is 5.11 Å². The first-order chi connectivity index (χ1) is 11.7. The molecule has 0 aliphatic heterocycles. The van der Waals surface area contributed by atoms with Gasteiger partial charge in [-0.15, -0.1) is 0 Å². The largest absolute Gasteiger partial charge is 0.391 e. The molecule has 2 aliphatic carbocycles. The Labute approximate surface area is 138 Å². The fourth-order valence-electron chi connectivity index (χ4n) is 3.47. The molecule has 3 aromatic rings. The van der Waals surface area contributed by atoms with E-state index in [1.54, 1.807) is 6.33 Å². The van der Waals surface area contributed by atoms with Crippen molar-refractivity contribution in [3.05, 3.63) is 30.6 Å². The van der Waals surface area contributed by atoms with Crippen molar-refractivity contribution in [2.45, 2.75) is 50.4 Å². The van der Waals surface area contributed by atoms with Gasteiger partial charge in [0.05, 0.1) is 30.7 Å². The van der Waals surface area contributed by atoms with Crippen molar-refractivity contribution in [1.82, 2.24) is 29.3 Å². The van der Waals surface area contributed by atoms with Crippen LogP contribution in [0.25, 0.3) is 11.2 Å². The molecule has 0 amide bonds. The third-order valence-electron chi connectivity index (χ3n) is 4.96. The Morgan fingerprint density at radius 2 is 2.12 bits per heavy atom. The number of fused-ring (bicyclic) bond motifs is 1. The molecule has 8 nitrogen and oxygen atoms in total. The lowest BCUT2D eigenvalue weighted by molar-refractivity contribution is 0.0133. The molecular weight excluding hydrogens is 306 g/mol. The Kier molecular flexibility index (Phi) is 2.90. The van der Waals surface area contributed by atoms with Crippen molar-refractivity contribution in [3.8, 4) is 0 Å². The highest BCUT2D eigenvalue weighted by Gasteiger charge is 2.42. The number of aromatic nitrogens is 6. The van der Waals surface area contributed by atoms with Crippen LogP contribution in [0, 0.1) is 6.92 Å². The Morgan fingerprint density at radius 3 is 2.83 bits per heavy atom. The zero-order valence-electron chi connectivity index (χ0n) is 13.4. The van der Waals surface area contributed by atoms with Crippen molar-refractivity contribution >= 4 is 17.0 Å². The van der Waals surface area contributed by atoms with Gasteiger partial charge in [0.15, 0.2) is 11.5 Å². The first-order valence-corrected chi connectivity index (χ1v) is 8.33. The van der Waals surface area contributed by atoms with Gasteiger partial charge in [-0.25, -0.2) is 15.0 Å². The van der Waals surface area contributed by atoms with Gasteiger partial charge in [-0.2, -0.15) is 5.10 Å². The summed E-state index contributed by atoms with van der Waals surface area (Å²) in [6.45, 7) is 2.00. The number of nitrogens with zero attached hydrogens (tertiary/aromatic N) is 6. The van der Waals surface area contributed by atoms with Crippen LogP contribution in [-0.2, 0) is 0 Å². The minimum absolute atomic E-state index is 0.0727. The van der Waals surface area contributed by atoms with Crippen molar-refractivity contribution in [2.75, 3.05) is 5.32 Å². The van der Waals surface area contributed by atoms with Gasteiger partial charge in [0.2, 0.25) is 0 Å². The minimum atomic E-state index is -0.400. The zero-order valence-corrected chi connectivity index (χ0v) is 13.4. The van der Waals surface area contributed by atoms with Crippen molar-refractivity contribution in [1.29, 1.82) is 0 Å². The zero-order chi connectivity index (χ0) is 16.3. The summed E-state index contributed by atoms with van der Waals surface area (Å²) in [6, 6.07) is 0.515. The molecule has 3 aromatic heterocycles. The quantitative estimate of drug-likeness (QED) is 0.754. The molecule has 3 heterocycles. The third-order valence-corrected chi connectivity index (χ3v) is 4.96. The summed E-state index contributed by atoms with van der Waals surface area (Å²) in [5.41, 5.74) is 2.75. The van der Waals surface area contributed by atoms with Crippen LogP contribution in [0.5, 0.6) is 0 Å². The lowest BCUT2D eigenvalue weighted by Crippen LogP contribution is -2.51. The highest BCUT2D eigenvalue weighted by molar-refractivity contribution is 5.83. The molecule has 8 heteroatoms. The summed E-state index contributed by atoms with van der Waals surface area (Å²) in [5, 5.41) is 17.9. The van der Waals surface area contributed by atoms with Gasteiger partial charge in [0, 0.05) is 12.2 Å². The molecule has 5 rings (SSSR count). The van der Waals surface area contributed by atoms with Crippen LogP contribution in [0.15, 0.2) is 25.0 Å². The first-order valence-electron chi connectivity index (χ1n) is 8.33. The molecule has 0 radical (unpaired) electrons. The molecule has 0 saturated heterocycles. The second-order valence-electron chi connectivity index (χ2n) is 6.82. The predicted octanol–water partition coefficient (Wildman–Crippen LogP) is 1.45. The maximum Gasteiger partial charge on any atom is 0.165 e. The van der Waals surface area contributed by atoms with Gasteiger partial charge in [-0.05, 0) is 31.7 Å². The molecule has 2 aliphatic rings. The summed E-state index contributed by atoms with van der Waals surface area (Å²) in [4.78, 5) is 13.3. The average molecular weight is 325 g/mol. The number of nitrogens with one attached hydrogen (secondary N) is 1. The summed E-state index contributed by atoms with van der Waals surface area (Å²) < 4.78 is 3.97. The van der Waals surface area contributed by atoms with Crippen LogP contribution >= 0.6 is 0 Å². The number of hydrogen-bond acceptors (Lipinski definition) is 6. The van der Waals surface area contributed by atoms with Crippen LogP contribution in [0.1, 0.15) is 36.9 Å². The number of imidazole rings is 1. The molecule has 2 fully saturated rings. The summed E-state index contributed by atoms with van der Waals surface area (Å²) in [6.07, 6.45) is 9.84. The van der Waals surface area contributed by atoms with Crippen molar-refractivity contribution in [2.24, 2.45) is 0 Å². The molecule has 0 unspecified atom stereocenters. The number of aryl methyl sites for hydroxylation is 1. The molecule has 0 spiro atoms. The summed E-state index contributed by atoms with van der Waals surface area (Å²) in [7, 11) is 0. The number of aliphatic hydroxyl groups is 1. The third kappa shape index (κ3) is 2.10. The highest BCUT2D eigenvalue weighted by atomic mass is 16.3. The van der Waals surface area contributed by atoms with Crippen LogP contribution in [-0.4, -0.2) is 46.6 Å². The van der Waals surface area contributed by atoms with Gasteiger partial charge in [0.1, 0.15) is 11.8 Å². The second-order valence-corrected chi connectivity index (χ2v) is 6.82. The number of rotatable bonds is 4. The molecule has 2 saturated carbocycles. The lowest BCUT2D eigenvalue weighted by Gasteiger charge is -2.42. The van der Waals surface area contributed by atoms with Gasteiger partial charge in [-0.1, -0.05) is 0 Å². The van der Waals surface area contributed by atoms with E-state index in [-0.39, 0.29) is 12.1 Å². The first kappa shape index (κ1) is 13.9. The SMILES string of the molecule is Cc1cnn([C@H]2[C@H](O)C[C@@H]2Nc2ncnc3c2ncn3C2CC2)c1. The number of aliphatic hydroxyl groups excluding tert-OH is 1. The Hall–Kier alpha value is -2.48. The Bertz CT molecular complexity index is 897. The normalized spacial score (nSPS) is 26.5. The lowest BCUT2D eigenvalue weighted by atomic mass is 9.83. The minimum Gasteiger partial charge on any atom is -0.391 e. The van der Waals surface area contributed by atoms with E-state index < -0.39 is 6.10 Å². The fourth-order valence-corrected chi connectivity index (χ4v) is 3.47. The van der Waals surface area contributed by atoms with Crippen LogP contribution in [0.2, 0.25) is 0 Å². The van der Waals surface area contributed by atoms with E-state index in [4.69, 9.17) is 0 Å². The number of anilines is 1. The van der Waals surface area contributed by atoms with E-state index >= 15 is 0 Å². The van der Waals surface area contributed by atoms with Crippen LogP contribution in [0.4, 0.5) is 5.82 Å². The van der Waals surface area contributed by atoms with Crippen LogP contribution < -0.4 is 5.32 Å². The molecular formula is C16H19N7O. The van der Waals surface area contributed by atoms with Crippen molar-refractivity contribution < 1.29 is 5.11 Å². The second kappa shape index (κ2) is 5.01. The van der Waals surface area contributed by atoms with E-state index in [0.29, 0.717) is 12.5 Å². The highest BCUT2D eigenvalue weighted by Crippen LogP contribution is 2.38. The topological polar surface area (TPSA) is 93.7 Å². The maximum absolute atomic E-state index is 10.2. The van der Waals surface area contributed by atoms with E-state index in [1.807, 2.05) is 30.3 Å². The molecule has 24 heavy (non-hydrogen) atoms. The molecule has 0 bridgehead atoms. The fraction of sp³-hybridized carbons (Fsp3) is 0.500. The Morgan fingerprint density at radius 1 is 1.25 bits per heavy atom. The maximum atomic E-state index is 10.2. The van der Waals surface area contributed by atoms with Gasteiger partial charge >= 0.3 is 0 Å². The number of hydrogen-bond donors (Lipinski definition) is 2. The monoisotopic (exact) mass is 325 g/mol. The van der Waals surface area contributed by atoms with Gasteiger partial charge < -0.3 is 15.0 Å². The van der Waals surface area contributed by atoms with Crippen LogP contribution in [0.3, 0.4) is 0 Å². The predicted molar refractivity (Wildman–Crippen MR) is 87.6 cm³/mol. The average Bonchev–Trinajstić information content (AvgIpc) is 3.17. The van der Waals surface area contributed by atoms with Crippen molar-refractivity contribution in [3.63, 3.8) is 0 Å².